The summed E-state index contributed by atoms with van der Waals surface area (Å²) in [4.78, 5) is 6.55. The number of likely N-dealkylation sites (N-methyl/N-ethyl adjacent to an activating group) is 1. The lowest BCUT2D eigenvalue weighted by molar-refractivity contribution is 0.714. The standard InChI is InChI=1S/C13H16BrN3/c1-9(15)8-17(2)13-11-4-3-5-12(14)10(11)6-7-16-13/h3-7,9H,8,15H2,1-2H3. The van der Waals surface area contributed by atoms with E-state index in [1.54, 1.807) is 0 Å². The zero-order valence-corrected chi connectivity index (χ0v) is 11.6. The van der Waals surface area contributed by atoms with Gasteiger partial charge >= 0.3 is 0 Å². The summed E-state index contributed by atoms with van der Waals surface area (Å²) in [6, 6.07) is 8.29. The first kappa shape index (κ1) is 12.3. The Morgan fingerprint density at radius 3 is 2.82 bits per heavy atom. The van der Waals surface area contributed by atoms with Gasteiger partial charge in [-0.1, -0.05) is 28.1 Å². The van der Waals surface area contributed by atoms with Gasteiger partial charge in [0.2, 0.25) is 0 Å². The average Bonchev–Trinajstić information content (AvgIpc) is 2.28. The molecule has 1 heterocycles. The molecule has 0 aliphatic heterocycles. The van der Waals surface area contributed by atoms with E-state index in [1.165, 1.54) is 5.39 Å². The topological polar surface area (TPSA) is 42.1 Å². The van der Waals surface area contributed by atoms with Gasteiger partial charge < -0.3 is 10.6 Å². The van der Waals surface area contributed by atoms with E-state index in [2.05, 4.69) is 31.9 Å². The molecule has 0 spiro atoms. The Kier molecular flexibility index (Phi) is 3.64. The SMILES string of the molecule is CC(N)CN(C)c1nccc2c(Br)cccc12. The predicted molar refractivity (Wildman–Crippen MR) is 76.4 cm³/mol. The number of hydrogen-bond donors (Lipinski definition) is 1. The molecule has 3 nitrogen and oxygen atoms in total. The van der Waals surface area contributed by atoms with Gasteiger partial charge in [0, 0.05) is 41.1 Å². The van der Waals surface area contributed by atoms with Crippen molar-refractivity contribution in [1.82, 2.24) is 4.98 Å². The van der Waals surface area contributed by atoms with Crippen LogP contribution in [0.15, 0.2) is 34.9 Å². The lowest BCUT2D eigenvalue weighted by Crippen LogP contribution is -2.33. The van der Waals surface area contributed by atoms with E-state index < -0.39 is 0 Å². The van der Waals surface area contributed by atoms with Gasteiger partial charge in [0.15, 0.2) is 0 Å². The maximum Gasteiger partial charge on any atom is 0.136 e. The molecule has 0 radical (unpaired) electrons. The maximum atomic E-state index is 5.83. The fraction of sp³-hybridized carbons (Fsp3) is 0.308. The summed E-state index contributed by atoms with van der Waals surface area (Å²) < 4.78 is 1.09. The fourth-order valence-corrected chi connectivity index (χ4v) is 2.47. The van der Waals surface area contributed by atoms with E-state index in [0.29, 0.717) is 0 Å². The largest absolute Gasteiger partial charge is 0.358 e. The summed E-state index contributed by atoms with van der Waals surface area (Å²) in [7, 11) is 2.02. The van der Waals surface area contributed by atoms with Crippen molar-refractivity contribution in [3.05, 3.63) is 34.9 Å². The van der Waals surface area contributed by atoms with Gasteiger partial charge in [-0.3, -0.25) is 0 Å². The highest BCUT2D eigenvalue weighted by Gasteiger charge is 2.10. The van der Waals surface area contributed by atoms with E-state index in [9.17, 15) is 0 Å². The summed E-state index contributed by atoms with van der Waals surface area (Å²) in [5.41, 5.74) is 5.83. The van der Waals surface area contributed by atoms with Crippen LogP contribution < -0.4 is 10.6 Å². The summed E-state index contributed by atoms with van der Waals surface area (Å²) in [5.74, 6) is 0.973. The van der Waals surface area contributed by atoms with Crippen LogP contribution in [0.5, 0.6) is 0 Å². The van der Waals surface area contributed by atoms with Gasteiger partial charge in [-0.15, -0.1) is 0 Å². The zero-order valence-electron chi connectivity index (χ0n) is 10.0. The molecular weight excluding hydrogens is 278 g/mol. The molecule has 2 rings (SSSR count). The number of anilines is 1. The second-order valence-corrected chi connectivity index (χ2v) is 5.18. The van der Waals surface area contributed by atoms with Crippen LogP contribution in [0.2, 0.25) is 0 Å². The highest BCUT2D eigenvalue weighted by molar-refractivity contribution is 9.10. The van der Waals surface area contributed by atoms with E-state index in [-0.39, 0.29) is 6.04 Å². The molecule has 1 aromatic carbocycles. The van der Waals surface area contributed by atoms with Crippen molar-refractivity contribution in [3.8, 4) is 0 Å². The van der Waals surface area contributed by atoms with Crippen LogP contribution in [-0.4, -0.2) is 24.6 Å². The molecule has 0 saturated heterocycles. The highest BCUT2D eigenvalue weighted by Crippen LogP contribution is 2.29. The monoisotopic (exact) mass is 293 g/mol. The molecular formula is C13H16BrN3. The van der Waals surface area contributed by atoms with Crippen LogP contribution in [0.3, 0.4) is 0 Å². The highest BCUT2D eigenvalue weighted by atomic mass is 79.9. The van der Waals surface area contributed by atoms with E-state index in [0.717, 1.165) is 22.2 Å². The predicted octanol–water partition coefficient (Wildman–Crippen LogP) is 2.78. The Balaban J connectivity index is 2.51. The van der Waals surface area contributed by atoms with Gasteiger partial charge in [0.1, 0.15) is 5.82 Å². The van der Waals surface area contributed by atoms with Crippen molar-refractivity contribution in [2.45, 2.75) is 13.0 Å². The molecule has 0 aliphatic rings. The minimum atomic E-state index is 0.129. The van der Waals surface area contributed by atoms with Gasteiger partial charge in [0.05, 0.1) is 0 Å². The number of benzene rings is 1. The fourth-order valence-electron chi connectivity index (χ4n) is 1.98. The summed E-state index contributed by atoms with van der Waals surface area (Å²) in [6.45, 7) is 2.79. The van der Waals surface area contributed by atoms with Crippen molar-refractivity contribution >= 4 is 32.5 Å². The smallest absolute Gasteiger partial charge is 0.136 e. The molecule has 0 aliphatic carbocycles. The van der Waals surface area contributed by atoms with Crippen LogP contribution in [0.1, 0.15) is 6.92 Å². The number of nitrogens with zero attached hydrogens (tertiary/aromatic N) is 2. The molecule has 90 valence electrons. The molecule has 1 atom stereocenters. The maximum absolute atomic E-state index is 5.83. The molecule has 0 fully saturated rings. The number of halogens is 1. The summed E-state index contributed by atoms with van der Waals surface area (Å²) in [6.07, 6.45) is 1.83. The molecule has 1 aromatic heterocycles. The lowest BCUT2D eigenvalue weighted by Gasteiger charge is -2.21. The number of aromatic nitrogens is 1. The third-order valence-corrected chi connectivity index (χ3v) is 3.35. The van der Waals surface area contributed by atoms with Crippen LogP contribution in [0.4, 0.5) is 5.82 Å². The first-order valence-corrected chi connectivity index (χ1v) is 6.39. The molecule has 2 N–H and O–H groups in total. The molecule has 4 heteroatoms. The van der Waals surface area contributed by atoms with Gasteiger partial charge in [-0.25, -0.2) is 4.98 Å². The molecule has 0 bridgehead atoms. The van der Waals surface area contributed by atoms with Crippen LogP contribution in [-0.2, 0) is 0 Å². The molecule has 0 saturated carbocycles. The Hall–Kier alpha value is -1.13. The van der Waals surface area contributed by atoms with Crippen molar-refractivity contribution < 1.29 is 0 Å². The van der Waals surface area contributed by atoms with Gasteiger partial charge in [-0.2, -0.15) is 0 Å². The Bertz CT molecular complexity index is 525. The molecule has 17 heavy (non-hydrogen) atoms. The Morgan fingerprint density at radius 1 is 1.35 bits per heavy atom. The van der Waals surface area contributed by atoms with Crippen LogP contribution in [0, 0.1) is 0 Å². The molecule has 1 unspecified atom stereocenters. The number of hydrogen-bond acceptors (Lipinski definition) is 3. The normalized spacial score (nSPS) is 12.7. The van der Waals surface area contributed by atoms with Gasteiger partial charge in [0.25, 0.3) is 0 Å². The second kappa shape index (κ2) is 5.02. The zero-order chi connectivity index (χ0) is 12.4. The first-order valence-electron chi connectivity index (χ1n) is 5.59. The van der Waals surface area contributed by atoms with Crippen molar-refractivity contribution in [2.24, 2.45) is 5.73 Å². The summed E-state index contributed by atoms with van der Waals surface area (Å²) in [5, 5.41) is 2.32. The summed E-state index contributed by atoms with van der Waals surface area (Å²) >= 11 is 3.56. The molecule has 0 amide bonds. The Morgan fingerprint density at radius 2 is 2.12 bits per heavy atom. The molecule has 2 aromatic rings. The van der Waals surface area contributed by atoms with E-state index in [1.807, 2.05) is 38.4 Å². The minimum absolute atomic E-state index is 0.129. The van der Waals surface area contributed by atoms with Crippen LogP contribution >= 0.6 is 15.9 Å². The number of pyridine rings is 1. The van der Waals surface area contributed by atoms with Crippen molar-refractivity contribution in [2.75, 3.05) is 18.5 Å². The van der Waals surface area contributed by atoms with E-state index in [4.69, 9.17) is 5.73 Å². The number of nitrogens with two attached hydrogens (primary N) is 1. The average molecular weight is 294 g/mol. The first-order chi connectivity index (χ1) is 8.09. The quantitative estimate of drug-likeness (QED) is 0.946. The van der Waals surface area contributed by atoms with Gasteiger partial charge in [-0.05, 0) is 19.1 Å². The Labute approximate surface area is 110 Å². The minimum Gasteiger partial charge on any atom is -0.358 e. The number of fused-ring (bicyclic) bond motifs is 1. The van der Waals surface area contributed by atoms with Crippen molar-refractivity contribution in [3.63, 3.8) is 0 Å². The second-order valence-electron chi connectivity index (χ2n) is 4.33. The third kappa shape index (κ3) is 2.58. The van der Waals surface area contributed by atoms with Crippen LogP contribution in [0.25, 0.3) is 10.8 Å². The lowest BCUT2D eigenvalue weighted by atomic mass is 10.1. The number of rotatable bonds is 3. The third-order valence-electron chi connectivity index (χ3n) is 2.66. The van der Waals surface area contributed by atoms with Crippen molar-refractivity contribution in [1.29, 1.82) is 0 Å². The van der Waals surface area contributed by atoms with E-state index >= 15 is 0 Å².